The topological polar surface area (TPSA) is 40.6 Å². The van der Waals surface area contributed by atoms with E-state index in [0.29, 0.717) is 40.6 Å². The van der Waals surface area contributed by atoms with Crippen LogP contribution in [0, 0.1) is 0 Å². The van der Waals surface area contributed by atoms with E-state index in [-0.39, 0.29) is 5.54 Å². The van der Waals surface area contributed by atoms with E-state index in [0.717, 1.165) is 0 Å². The van der Waals surface area contributed by atoms with Crippen LogP contribution in [-0.4, -0.2) is 84.4 Å². The van der Waals surface area contributed by atoms with Gasteiger partial charge in [0, 0.05) is 48.8 Å². The second-order valence-electron chi connectivity index (χ2n) is 8.49. The smallest absolute Gasteiger partial charge is 0.152 e. The zero-order valence-corrected chi connectivity index (χ0v) is 17.5. The van der Waals surface area contributed by atoms with Gasteiger partial charge < -0.3 is 0 Å². The Morgan fingerprint density at radius 3 is 1.48 bits per heavy atom. The number of rotatable bonds is 0. The Bertz CT molecular complexity index is 478. The lowest BCUT2D eigenvalue weighted by atomic mass is 10.1. The minimum absolute atomic E-state index is 0.107. The van der Waals surface area contributed by atoms with Crippen LogP contribution in [0.4, 0.5) is 0 Å². The SMILES string of the molecule is C=S1CCN(C(C)(C)C)CC1.CC(C)(C)N1CCS(=O)(=O)CC1. The van der Waals surface area contributed by atoms with Crippen molar-refractivity contribution in [1.29, 1.82) is 0 Å². The monoisotopic (exact) mass is 364 g/mol. The molecule has 138 valence electrons. The molecule has 2 heterocycles. The molecule has 0 aliphatic carbocycles. The summed E-state index contributed by atoms with van der Waals surface area (Å²) in [4.78, 5) is 4.77. The maximum Gasteiger partial charge on any atom is 0.152 e. The minimum atomic E-state index is -2.72. The van der Waals surface area contributed by atoms with Gasteiger partial charge in [-0.1, -0.05) is 5.87 Å². The predicted octanol–water partition coefficient (Wildman–Crippen LogP) is 2.32. The standard InChI is InChI=1S/C9H19NS.C8H17NO2S/c1-9(2,3)10-5-7-11(4)8-6-10;1-8(2,3)9-4-6-12(10,11)7-5-9/h4-8H2,1-3H3;4-7H2,1-3H3. The molecular formula is C17H36N2O2S2. The van der Waals surface area contributed by atoms with Crippen molar-refractivity contribution in [3.05, 3.63) is 0 Å². The van der Waals surface area contributed by atoms with Crippen LogP contribution in [0.3, 0.4) is 0 Å². The van der Waals surface area contributed by atoms with E-state index in [2.05, 4.69) is 57.2 Å². The number of hydrogen-bond acceptors (Lipinski definition) is 4. The van der Waals surface area contributed by atoms with Gasteiger partial charge in [0.1, 0.15) is 0 Å². The molecule has 0 saturated carbocycles. The molecule has 2 aliphatic heterocycles. The van der Waals surface area contributed by atoms with Crippen LogP contribution in [0.25, 0.3) is 0 Å². The molecule has 0 spiro atoms. The molecule has 0 aromatic heterocycles. The maximum atomic E-state index is 11.1. The van der Waals surface area contributed by atoms with Crippen LogP contribution < -0.4 is 0 Å². The van der Waals surface area contributed by atoms with Crippen molar-refractivity contribution in [2.45, 2.75) is 52.6 Å². The van der Waals surface area contributed by atoms with Gasteiger partial charge in [-0.05, 0) is 41.5 Å². The minimum Gasteiger partial charge on any atom is -0.297 e. The van der Waals surface area contributed by atoms with Crippen LogP contribution in [0.1, 0.15) is 41.5 Å². The third-order valence-corrected chi connectivity index (χ3v) is 7.67. The second kappa shape index (κ2) is 7.98. The maximum absolute atomic E-state index is 11.1. The molecule has 0 amide bonds. The molecule has 0 aromatic rings. The third-order valence-electron chi connectivity index (χ3n) is 4.54. The van der Waals surface area contributed by atoms with E-state index in [1.165, 1.54) is 24.6 Å². The summed E-state index contributed by atoms with van der Waals surface area (Å²) in [5.74, 6) is 7.37. The van der Waals surface area contributed by atoms with Crippen molar-refractivity contribution in [3.63, 3.8) is 0 Å². The Balaban J connectivity index is 0.000000231. The van der Waals surface area contributed by atoms with E-state index in [1.807, 2.05) is 0 Å². The predicted molar refractivity (Wildman–Crippen MR) is 106 cm³/mol. The molecule has 23 heavy (non-hydrogen) atoms. The van der Waals surface area contributed by atoms with Gasteiger partial charge in [-0.25, -0.2) is 8.42 Å². The van der Waals surface area contributed by atoms with Crippen LogP contribution in [0.2, 0.25) is 0 Å². The van der Waals surface area contributed by atoms with Crippen LogP contribution in [0.5, 0.6) is 0 Å². The summed E-state index contributed by atoms with van der Waals surface area (Å²) >= 11 is 0. The quantitative estimate of drug-likeness (QED) is 0.619. The van der Waals surface area contributed by atoms with Crippen LogP contribution in [-0.2, 0) is 9.84 Å². The van der Waals surface area contributed by atoms with E-state index < -0.39 is 9.84 Å². The average Bonchev–Trinajstić information content (AvgIpc) is 2.37. The number of nitrogens with zero attached hydrogens (tertiary/aromatic N) is 2. The van der Waals surface area contributed by atoms with Gasteiger partial charge in [-0.2, -0.15) is 10.5 Å². The summed E-state index contributed by atoms with van der Waals surface area (Å²) < 4.78 is 22.2. The average molecular weight is 365 g/mol. The molecule has 2 rings (SSSR count). The molecule has 6 heteroatoms. The van der Waals surface area contributed by atoms with Crippen molar-refractivity contribution in [2.75, 3.05) is 49.2 Å². The number of hydrogen-bond donors (Lipinski definition) is 0. The summed E-state index contributed by atoms with van der Waals surface area (Å²) in [6.45, 7) is 17.1. The summed E-state index contributed by atoms with van der Waals surface area (Å²) in [7, 11) is -2.25. The third kappa shape index (κ3) is 7.67. The molecule has 2 aliphatic rings. The van der Waals surface area contributed by atoms with E-state index in [9.17, 15) is 8.42 Å². The van der Waals surface area contributed by atoms with Gasteiger partial charge in [0.05, 0.1) is 11.5 Å². The van der Waals surface area contributed by atoms with Crippen LogP contribution >= 0.6 is 10.5 Å². The lowest BCUT2D eigenvalue weighted by molar-refractivity contribution is 0.150. The van der Waals surface area contributed by atoms with Gasteiger partial charge in [-0.15, -0.1) is 0 Å². The summed E-state index contributed by atoms with van der Waals surface area (Å²) in [6.07, 6.45) is 0. The lowest BCUT2D eigenvalue weighted by Gasteiger charge is -2.39. The first-order valence-electron chi connectivity index (χ1n) is 8.49. The molecule has 0 unspecified atom stereocenters. The molecular weight excluding hydrogens is 328 g/mol. The Hall–Kier alpha value is 0.0900. The van der Waals surface area contributed by atoms with E-state index >= 15 is 0 Å². The largest absolute Gasteiger partial charge is 0.297 e. The zero-order valence-electron chi connectivity index (χ0n) is 15.9. The summed E-state index contributed by atoms with van der Waals surface area (Å²) in [6, 6.07) is 0. The molecule has 0 aromatic carbocycles. The van der Waals surface area contributed by atoms with Gasteiger partial charge in [0.15, 0.2) is 9.84 Å². The first kappa shape index (κ1) is 21.1. The highest BCUT2D eigenvalue weighted by molar-refractivity contribution is 8.14. The van der Waals surface area contributed by atoms with Gasteiger partial charge in [0.25, 0.3) is 0 Å². The fourth-order valence-electron chi connectivity index (χ4n) is 2.75. The molecule has 2 saturated heterocycles. The van der Waals surface area contributed by atoms with Crippen molar-refractivity contribution >= 4 is 26.2 Å². The fraction of sp³-hybridized carbons (Fsp3) is 0.941. The highest BCUT2D eigenvalue weighted by atomic mass is 32.2. The van der Waals surface area contributed by atoms with E-state index in [4.69, 9.17) is 0 Å². The highest BCUT2D eigenvalue weighted by Gasteiger charge is 2.28. The fourth-order valence-corrected chi connectivity index (χ4v) is 5.11. The van der Waals surface area contributed by atoms with E-state index in [1.54, 1.807) is 0 Å². The van der Waals surface area contributed by atoms with Gasteiger partial charge in [-0.3, -0.25) is 9.80 Å². The molecule has 4 nitrogen and oxygen atoms in total. The molecule has 0 radical (unpaired) electrons. The molecule has 0 bridgehead atoms. The normalized spacial score (nSPS) is 24.8. The summed E-state index contributed by atoms with van der Waals surface area (Å²) in [5, 5.41) is 0. The molecule has 0 N–H and O–H groups in total. The first-order chi connectivity index (χ1) is 10.3. The molecule has 2 fully saturated rings. The Kier molecular flexibility index (Phi) is 7.33. The zero-order chi connectivity index (χ0) is 17.9. The van der Waals surface area contributed by atoms with Crippen molar-refractivity contribution in [3.8, 4) is 0 Å². The van der Waals surface area contributed by atoms with Gasteiger partial charge >= 0.3 is 0 Å². The highest BCUT2D eigenvalue weighted by Crippen LogP contribution is 2.22. The van der Waals surface area contributed by atoms with Gasteiger partial charge in [0.2, 0.25) is 0 Å². The Labute approximate surface area is 146 Å². The van der Waals surface area contributed by atoms with Crippen molar-refractivity contribution < 1.29 is 8.42 Å². The number of sulfone groups is 1. The summed E-state index contributed by atoms with van der Waals surface area (Å²) in [5.41, 5.74) is 0.473. The lowest BCUT2D eigenvalue weighted by Crippen LogP contribution is -2.49. The molecule has 0 atom stereocenters. The first-order valence-corrected chi connectivity index (χ1v) is 12.0. The van der Waals surface area contributed by atoms with Crippen molar-refractivity contribution in [2.24, 2.45) is 0 Å². The Morgan fingerprint density at radius 2 is 1.13 bits per heavy atom. The van der Waals surface area contributed by atoms with Crippen molar-refractivity contribution in [1.82, 2.24) is 9.80 Å². The van der Waals surface area contributed by atoms with Crippen LogP contribution in [0.15, 0.2) is 0 Å². The Morgan fingerprint density at radius 1 is 0.783 bits per heavy atom. The second-order valence-corrected chi connectivity index (χ2v) is 12.8.